The van der Waals surface area contributed by atoms with E-state index in [0.29, 0.717) is 5.92 Å². The SMILES string of the molecule is COC(C)(C)CCCC(C)C/C=C/C(C)=C/C(=O)OC(C)C.O=[Si](O)O. The third kappa shape index (κ3) is 20.6. The minimum atomic E-state index is -3.13. The van der Waals surface area contributed by atoms with E-state index in [1.807, 2.05) is 26.8 Å². The van der Waals surface area contributed by atoms with E-state index in [1.54, 1.807) is 13.2 Å². The molecule has 0 heterocycles. The van der Waals surface area contributed by atoms with Crippen LogP contribution in [0.2, 0.25) is 0 Å². The summed E-state index contributed by atoms with van der Waals surface area (Å²) in [5.74, 6) is 0.367. The Morgan fingerprint density at radius 1 is 1.23 bits per heavy atom. The smallest absolute Gasteiger partial charge is 0.511 e. The summed E-state index contributed by atoms with van der Waals surface area (Å²) in [4.78, 5) is 25.8. The molecule has 152 valence electrons. The molecule has 0 aliphatic carbocycles. The number of rotatable bonds is 10. The fourth-order valence-electron chi connectivity index (χ4n) is 2.08. The van der Waals surface area contributed by atoms with E-state index in [2.05, 4.69) is 26.8 Å². The zero-order chi connectivity index (χ0) is 20.8. The van der Waals surface area contributed by atoms with E-state index >= 15 is 0 Å². The Hall–Kier alpha value is -1.47. The number of hydrogen-bond donors (Lipinski definition) is 2. The number of allylic oxidation sites excluding steroid dienone is 3. The van der Waals surface area contributed by atoms with Crippen LogP contribution in [0.25, 0.3) is 0 Å². The van der Waals surface area contributed by atoms with Crippen LogP contribution in [0.1, 0.15) is 67.2 Å². The van der Waals surface area contributed by atoms with Crippen LogP contribution in [0.3, 0.4) is 0 Å². The number of carbonyl (C=O) groups is 1. The summed E-state index contributed by atoms with van der Waals surface area (Å²) in [5, 5.41) is 0. The van der Waals surface area contributed by atoms with Crippen LogP contribution in [0.15, 0.2) is 23.8 Å². The highest BCUT2D eigenvalue weighted by Crippen LogP contribution is 2.20. The Morgan fingerprint density at radius 2 is 1.77 bits per heavy atom. The van der Waals surface area contributed by atoms with Gasteiger partial charge in [0, 0.05) is 13.2 Å². The largest absolute Gasteiger partial charge is 0.761 e. The summed E-state index contributed by atoms with van der Waals surface area (Å²) < 4.78 is 19.3. The first kappa shape index (κ1) is 26.8. The molecular weight excluding hydrogens is 352 g/mol. The van der Waals surface area contributed by atoms with Gasteiger partial charge in [-0.1, -0.05) is 31.9 Å². The van der Waals surface area contributed by atoms with E-state index in [1.165, 1.54) is 12.8 Å². The van der Waals surface area contributed by atoms with Gasteiger partial charge >= 0.3 is 15.1 Å². The van der Waals surface area contributed by atoms with Gasteiger partial charge in [-0.05, 0) is 59.0 Å². The minimum absolute atomic E-state index is 0.0222. The molecule has 2 N–H and O–H groups in total. The first-order chi connectivity index (χ1) is 11.9. The second-order valence-corrected chi connectivity index (χ2v) is 7.82. The molecule has 7 heteroatoms. The zero-order valence-electron chi connectivity index (χ0n) is 17.2. The van der Waals surface area contributed by atoms with Gasteiger partial charge in [-0.3, -0.25) is 4.46 Å². The van der Waals surface area contributed by atoms with Crippen molar-refractivity contribution in [2.45, 2.75) is 78.9 Å². The molecule has 1 unspecified atom stereocenters. The van der Waals surface area contributed by atoms with Crippen LogP contribution in [-0.4, -0.2) is 43.5 Å². The monoisotopic (exact) mass is 388 g/mol. The molecule has 0 bridgehead atoms. The van der Waals surface area contributed by atoms with Crippen LogP contribution < -0.4 is 0 Å². The third-order valence-corrected chi connectivity index (χ3v) is 3.64. The molecule has 0 radical (unpaired) electrons. The van der Waals surface area contributed by atoms with Crippen molar-refractivity contribution in [3.63, 3.8) is 0 Å². The van der Waals surface area contributed by atoms with E-state index in [9.17, 15) is 4.79 Å². The molecule has 0 fully saturated rings. The van der Waals surface area contributed by atoms with Crippen molar-refractivity contribution >= 4 is 15.1 Å². The second-order valence-electron chi connectivity index (χ2n) is 7.26. The normalized spacial score (nSPS) is 13.3. The van der Waals surface area contributed by atoms with Crippen LogP contribution in [0.5, 0.6) is 0 Å². The molecule has 0 spiro atoms. The van der Waals surface area contributed by atoms with Crippen LogP contribution in [0.4, 0.5) is 0 Å². The lowest BCUT2D eigenvalue weighted by Crippen LogP contribution is -2.22. The summed E-state index contributed by atoms with van der Waals surface area (Å²) in [7, 11) is -1.36. The standard InChI is InChI=1S/C19H34O3.H2O3Si/c1-15(2)22-18(20)14-17(4)11-8-10-16(3)12-9-13-19(5,6)21-7;1-4(2)3/h8,11,14-16H,9-10,12-13H2,1-7H3;1-2H/b11-8+,17-14+;. The molecule has 1 atom stereocenters. The van der Waals surface area contributed by atoms with Crippen LogP contribution in [-0.2, 0) is 18.7 Å². The number of ether oxygens (including phenoxy) is 2. The van der Waals surface area contributed by atoms with Gasteiger partial charge in [-0.2, -0.15) is 0 Å². The average molecular weight is 389 g/mol. The molecule has 0 aromatic carbocycles. The van der Waals surface area contributed by atoms with Crippen molar-refractivity contribution in [2.75, 3.05) is 7.11 Å². The number of hydrogen-bond acceptors (Lipinski definition) is 4. The number of methoxy groups -OCH3 is 1. The molecule has 0 aliphatic heterocycles. The van der Waals surface area contributed by atoms with Crippen molar-refractivity contribution in [1.82, 2.24) is 0 Å². The summed E-state index contributed by atoms with van der Waals surface area (Å²) in [6, 6.07) is 0. The van der Waals surface area contributed by atoms with Gasteiger partial charge in [0.1, 0.15) is 0 Å². The van der Waals surface area contributed by atoms with Crippen molar-refractivity contribution in [2.24, 2.45) is 5.92 Å². The first-order valence-electron chi connectivity index (χ1n) is 8.92. The molecule has 0 aromatic rings. The van der Waals surface area contributed by atoms with Crippen LogP contribution in [0, 0.1) is 5.92 Å². The topological polar surface area (TPSA) is 93.1 Å². The fourth-order valence-corrected chi connectivity index (χ4v) is 2.08. The predicted octanol–water partition coefficient (Wildman–Crippen LogP) is 3.45. The van der Waals surface area contributed by atoms with E-state index in [4.69, 9.17) is 23.5 Å². The fraction of sp³-hybridized carbons (Fsp3) is 0.737. The van der Waals surface area contributed by atoms with Crippen molar-refractivity contribution in [3.8, 4) is 0 Å². The van der Waals surface area contributed by atoms with Crippen LogP contribution >= 0.6 is 0 Å². The minimum Gasteiger partial charge on any atom is -0.511 e. The van der Waals surface area contributed by atoms with E-state index < -0.39 is 9.17 Å². The molecular formula is C19H36O6Si. The Bertz CT molecular complexity index is 465. The summed E-state index contributed by atoms with van der Waals surface area (Å²) in [6.45, 7) is 12.1. The average Bonchev–Trinajstić information content (AvgIpc) is 2.45. The lowest BCUT2D eigenvalue weighted by Gasteiger charge is -2.23. The number of carbonyl (C=O) groups excluding carboxylic acids is 1. The molecule has 0 amide bonds. The summed E-state index contributed by atoms with van der Waals surface area (Å²) in [6.07, 6.45) is 10.1. The highest BCUT2D eigenvalue weighted by molar-refractivity contribution is 6.22. The molecule has 6 nitrogen and oxygen atoms in total. The molecule has 0 aromatic heterocycles. The Kier molecular flexibility index (Phi) is 15.1. The lowest BCUT2D eigenvalue weighted by molar-refractivity contribution is -0.141. The molecule has 0 aliphatic rings. The predicted molar refractivity (Wildman–Crippen MR) is 104 cm³/mol. The highest BCUT2D eigenvalue weighted by atomic mass is 28.3. The quantitative estimate of drug-likeness (QED) is 0.258. The van der Waals surface area contributed by atoms with Crippen molar-refractivity contribution < 1.29 is 28.3 Å². The van der Waals surface area contributed by atoms with Gasteiger partial charge in [0.25, 0.3) is 0 Å². The van der Waals surface area contributed by atoms with Gasteiger partial charge in [0.15, 0.2) is 0 Å². The maximum Gasteiger partial charge on any atom is 0.761 e. The molecule has 0 saturated carbocycles. The second kappa shape index (κ2) is 14.7. The summed E-state index contributed by atoms with van der Waals surface area (Å²) >= 11 is 0. The zero-order valence-corrected chi connectivity index (χ0v) is 18.2. The van der Waals surface area contributed by atoms with Gasteiger partial charge in [0.05, 0.1) is 11.7 Å². The van der Waals surface area contributed by atoms with Gasteiger partial charge in [0.2, 0.25) is 0 Å². The molecule has 26 heavy (non-hydrogen) atoms. The van der Waals surface area contributed by atoms with Gasteiger partial charge in [-0.15, -0.1) is 0 Å². The van der Waals surface area contributed by atoms with E-state index in [0.717, 1.165) is 18.4 Å². The Morgan fingerprint density at radius 3 is 2.23 bits per heavy atom. The number of esters is 1. The maximum absolute atomic E-state index is 11.5. The van der Waals surface area contributed by atoms with Crippen molar-refractivity contribution in [3.05, 3.63) is 23.8 Å². The molecule has 0 saturated heterocycles. The summed E-state index contributed by atoms with van der Waals surface area (Å²) in [5.41, 5.74) is 0.907. The van der Waals surface area contributed by atoms with Crippen molar-refractivity contribution in [1.29, 1.82) is 0 Å². The van der Waals surface area contributed by atoms with E-state index in [-0.39, 0.29) is 17.7 Å². The molecule has 0 rings (SSSR count). The third-order valence-electron chi connectivity index (χ3n) is 3.64. The Labute approximate surface area is 159 Å². The highest BCUT2D eigenvalue weighted by Gasteiger charge is 2.15. The van der Waals surface area contributed by atoms with Gasteiger partial charge < -0.3 is 19.1 Å². The van der Waals surface area contributed by atoms with Gasteiger partial charge in [-0.25, -0.2) is 4.79 Å². The first-order valence-corrected chi connectivity index (χ1v) is 10.2. The maximum atomic E-state index is 11.5. The lowest BCUT2D eigenvalue weighted by atomic mass is 9.95. The Balaban J connectivity index is 0.